The summed E-state index contributed by atoms with van der Waals surface area (Å²) < 4.78 is 38.1. The van der Waals surface area contributed by atoms with E-state index in [9.17, 15) is 13.2 Å². The number of aryl methyl sites for hydroxylation is 1. The number of carboxylic acids is 1. The van der Waals surface area contributed by atoms with Crippen molar-refractivity contribution in [3.05, 3.63) is 59.4 Å². The molecular formula is C19H19NO6S. The van der Waals surface area contributed by atoms with E-state index in [1.807, 2.05) is 24.3 Å². The van der Waals surface area contributed by atoms with E-state index in [4.69, 9.17) is 14.3 Å². The van der Waals surface area contributed by atoms with Gasteiger partial charge in [0.25, 0.3) is 0 Å². The molecule has 1 aromatic heterocycles. The van der Waals surface area contributed by atoms with Crippen molar-refractivity contribution >= 4 is 27.0 Å². The average molecular weight is 389 g/mol. The summed E-state index contributed by atoms with van der Waals surface area (Å²) >= 11 is 0. The van der Waals surface area contributed by atoms with E-state index in [0.29, 0.717) is 28.7 Å². The molecule has 0 radical (unpaired) electrons. The number of ether oxygens (including phenoxy) is 1. The van der Waals surface area contributed by atoms with Gasteiger partial charge < -0.3 is 14.3 Å². The number of benzene rings is 2. The maximum atomic E-state index is 12.6. The lowest BCUT2D eigenvalue weighted by atomic mass is 10.1. The molecule has 7 nitrogen and oxygen atoms in total. The van der Waals surface area contributed by atoms with E-state index in [0.717, 1.165) is 5.56 Å². The first-order valence-corrected chi connectivity index (χ1v) is 9.69. The summed E-state index contributed by atoms with van der Waals surface area (Å²) in [5.41, 5.74) is 1.68. The Hall–Kier alpha value is -2.84. The van der Waals surface area contributed by atoms with Gasteiger partial charge in [0.15, 0.2) is 0 Å². The highest BCUT2D eigenvalue weighted by Gasteiger charge is 2.20. The van der Waals surface area contributed by atoms with Crippen molar-refractivity contribution in [2.24, 2.45) is 0 Å². The van der Waals surface area contributed by atoms with E-state index in [1.165, 1.54) is 18.2 Å². The quantitative estimate of drug-likeness (QED) is 0.643. The number of fused-ring (bicyclic) bond motifs is 1. The molecule has 0 spiro atoms. The smallest absolute Gasteiger partial charge is 0.372 e. The van der Waals surface area contributed by atoms with Crippen LogP contribution in [0.25, 0.3) is 11.0 Å². The zero-order chi connectivity index (χ0) is 19.6. The molecule has 0 atom stereocenters. The fraction of sp³-hybridized carbons (Fsp3) is 0.211. The third-order valence-electron chi connectivity index (χ3n) is 4.25. The van der Waals surface area contributed by atoms with E-state index in [1.54, 1.807) is 14.0 Å². The number of sulfonamides is 1. The Bertz CT molecular complexity index is 1100. The first-order chi connectivity index (χ1) is 12.8. The lowest BCUT2D eigenvalue weighted by molar-refractivity contribution is 0.0664. The second-order valence-corrected chi connectivity index (χ2v) is 7.79. The van der Waals surface area contributed by atoms with Crippen LogP contribution >= 0.6 is 0 Å². The second kappa shape index (κ2) is 7.42. The molecule has 0 saturated heterocycles. The summed E-state index contributed by atoms with van der Waals surface area (Å²) in [6, 6.07) is 11.7. The SMILES string of the molecule is COc1cccc(CCNS(=O)(=O)c2ccc3oc(C(=O)O)c(C)c3c2)c1. The summed E-state index contributed by atoms with van der Waals surface area (Å²) in [4.78, 5) is 11.2. The highest BCUT2D eigenvalue weighted by Crippen LogP contribution is 2.27. The first kappa shape index (κ1) is 18.9. The van der Waals surface area contributed by atoms with E-state index >= 15 is 0 Å². The van der Waals surface area contributed by atoms with Gasteiger partial charge in [0, 0.05) is 17.5 Å². The van der Waals surface area contributed by atoms with Crippen LogP contribution in [0, 0.1) is 6.92 Å². The molecule has 2 N–H and O–H groups in total. The van der Waals surface area contributed by atoms with Gasteiger partial charge in [0.1, 0.15) is 11.3 Å². The van der Waals surface area contributed by atoms with Crippen molar-refractivity contribution in [1.29, 1.82) is 0 Å². The van der Waals surface area contributed by atoms with Crippen molar-refractivity contribution in [1.82, 2.24) is 4.72 Å². The van der Waals surface area contributed by atoms with Gasteiger partial charge in [-0.05, 0) is 49.2 Å². The van der Waals surface area contributed by atoms with Crippen LogP contribution in [0.3, 0.4) is 0 Å². The van der Waals surface area contributed by atoms with Gasteiger partial charge in [-0.2, -0.15) is 0 Å². The average Bonchev–Trinajstić information content (AvgIpc) is 2.98. The minimum Gasteiger partial charge on any atom is -0.497 e. The van der Waals surface area contributed by atoms with Crippen LogP contribution in [-0.4, -0.2) is 33.1 Å². The zero-order valence-electron chi connectivity index (χ0n) is 14.9. The maximum Gasteiger partial charge on any atom is 0.372 e. The molecule has 142 valence electrons. The van der Waals surface area contributed by atoms with Gasteiger partial charge in [-0.15, -0.1) is 0 Å². The minimum atomic E-state index is -3.74. The first-order valence-electron chi connectivity index (χ1n) is 8.21. The lowest BCUT2D eigenvalue weighted by Gasteiger charge is -2.08. The van der Waals surface area contributed by atoms with Crippen LogP contribution in [-0.2, 0) is 16.4 Å². The predicted octanol–water partition coefficient (Wildman–Crippen LogP) is 2.97. The van der Waals surface area contributed by atoms with Crippen molar-refractivity contribution in [3.63, 3.8) is 0 Å². The number of rotatable bonds is 7. The third kappa shape index (κ3) is 3.96. The Balaban J connectivity index is 1.78. The Morgan fingerprint density at radius 2 is 2.00 bits per heavy atom. The topological polar surface area (TPSA) is 106 Å². The summed E-state index contributed by atoms with van der Waals surface area (Å²) in [5, 5.41) is 9.59. The predicted molar refractivity (Wildman–Crippen MR) is 99.8 cm³/mol. The second-order valence-electron chi connectivity index (χ2n) is 6.02. The van der Waals surface area contributed by atoms with Crippen molar-refractivity contribution in [2.45, 2.75) is 18.2 Å². The van der Waals surface area contributed by atoms with Gasteiger partial charge in [0.2, 0.25) is 15.8 Å². The summed E-state index contributed by atoms with van der Waals surface area (Å²) in [7, 11) is -2.16. The molecular weight excluding hydrogens is 370 g/mol. The van der Waals surface area contributed by atoms with Gasteiger partial charge in [-0.25, -0.2) is 17.9 Å². The molecule has 8 heteroatoms. The van der Waals surface area contributed by atoms with Crippen LogP contribution in [0.15, 0.2) is 51.8 Å². The zero-order valence-corrected chi connectivity index (χ0v) is 15.7. The highest BCUT2D eigenvalue weighted by molar-refractivity contribution is 7.89. The lowest BCUT2D eigenvalue weighted by Crippen LogP contribution is -2.26. The van der Waals surface area contributed by atoms with Crippen LogP contribution in [0.2, 0.25) is 0 Å². The van der Waals surface area contributed by atoms with Crippen molar-refractivity contribution < 1.29 is 27.5 Å². The number of nitrogens with one attached hydrogen (secondary N) is 1. The molecule has 27 heavy (non-hydrogen) atoms. The highest BCUT2D eigenvalue weighted by atomic mass is 32.2. The molecule has 0 bridgehead atoms. The molecule has 0 aliphatic heterocycles. The molecule has 0 aliphatic carbocycles. The fourth-order valence-electron chi connectivity index (χ4n) is 2.81. The number of carbonyl (C=O) groups is 1. The monoisotopic (exact) mass is 389 g/mol. The number of hydrogen-bond donors (Lipinski definition) is 2. The van der Waals surface area contributed by atoms with E-state index in [2.05, 4.69) is 4.72 Å². The summed E-state index contributed by atoms with van der Waals surface area (Å²) in [6.07, 6.45) is 0.507. The number of aromatic carboxylic acids is 1. The normalized spacial score (nSPS) is 11.6. The molecule has 3 rings (SSSR count). The Labute approximate surface area is 156 Å². The van der Waals surface area contributed by atoms with Crippen molar-refractivity contribution in [2.75, 3.05) is 13.7 Å². The Kier molecular flexibility index (Phi) is 5.20. The summed E-state index contributed by atoms with van der Waals surface area (Å²) in [5.74, 6) is -0.666. The molecule has 2 aromatic carbocycles. The van der Waals surface area contributed by atoms with Gasteiger partial charge >= 0.3 is 5.97 Å². The Morgan fingerprint density at radius 1 is 1.22 bits per heavy atom. The number of furan rings is 1. The van der Waals surface area contributed by atoms with Crippen LogP contribution < -0.4 is 9.46 Å². The van der Waals surface area contributed by atoms with Gasteiger partial charge in [0.05, 0.1) is 12.0 Å². The molecule has 0 saturated carbocycles. The standard InChI is InChI=1S/C19H19NO6S/c1-12-16-11-15(6-7-17(16)26-18(12)19(21)22)27(23,24)20-9-8-13-4-3-5-14(10-13)25-2/h3-7,10-11,20H,8-9H2,1-2H3,(H,21,22). The van der Waals surface area contributed by atoms with Crippen LogP contribution in [0.4, 0.5) is 0 Å². The maximum absolute atomic E-state index is 12.6. The largest absolute Gasteiger partial charge is 0.497 e. The van der Waals surface area contributed by atoms with Gasteiger partial charge in [-0.1, -0.05) is 12.1 Å². The summed E-state index contributed by atoms with van der Waals surface area (Å²) in [6.45, 7) is 1.81. The van der Waals surface area contributed by atoms with Gasteiger partial charge in [-0.3, -0.25) is 0 Å². The van der Waals surface area contributed by atoms with E-state index in [-0.39, 0.29) is 17.2 Å². The molecule has 0 unspecified atom stereocenters. The van der Waals surface area contributed by atoms with E-state index < -0.39 is 16.0 Å². The van der Waals surface area contributed by atoms with Crippen molar-refractivity contribution in [3.8, 4) is 5.75 Å². The molecule has 0 fully saturated rings. The van der Waals surface area contributed by atoms with Crippen LogP contribution in [0.1, 0.15) is 21.7 Å². The fourth-order valence-corrected chi connectivity index (χ4v) is 3.87. The molecule has 1 heterocycles. The number of methoxy groups -OCH3 is 1. The van der Waals surface area contributed by atoms with Crippen LogP contribution in [0.5, 0.6) is 5.75 Å². The molecule has 3 aromatic rings. The molecule has 0 amide bonds. The third-order valence-corrected chi connectivity index (χ3v) is 5.71. The minimum absolute atomic E-state index is 0.0569. The Morgan fingerprint density at radius 3 is 2.70 bits per heavy atom. The number of carboxylic acid groups (broad SMARTS) is 1. The number of hydrogen-bond acceptors (Lipinski definition) is 5. The molecule has 0 aliphatic rings.